The molecule has 2 aromatic heterocycles. The van der Waals surface area contributed by atoms with Crippen molar-refractivity contribution in [3.63, 3.8) is 0 Å². The van der Waals surface area contributed by atoms with Gasteiger partial charge in [-0.3, -0.25) is 4.79 Å². The summed E-state index contributed by atoms with van der Waals surface area (Å²) in [7, 11) is -2.00. The highest BCUT2D eigenvalue weighted by molar-refractivity contribution is 7.90. The van der Waals surface area contributed by atoms with Gasteiger partial charge in [-0.15, -0.1) is 0 Å². The van der Waals surface area contributed by atoms with Crippen molar-refractivity contribution < 1.29 is 23.1 Å². The smallest absolute Gasteiger partial charge is 0.290 e. The Kier molecular flexibility index (Phi) is 6.15. The van der Waals surface area contributed by atoms with Crippen molar-refractivity contribution >= 4 is 38.9 Å². The molecule has 0 saturated carbocycles. The van der Waals surface area contributed by atoms with Gasteiger partial charge in [-0.05, 0) is 18.2 Å². The van der Waals surface area contributed by atoms with E-state index in [0.29, 0.717) is 30.2 Å². The molecule has 1 aromatic carbocycles. The number of anilines is 2. The molecule has 0 atom stereocenters. The van der Waals surface area contributed by atoms with Gasteiger partial charge in [0.1, 0.15) is 11.5 Å². The number of nitrogens with one attached hydrogen (secondary N) is 1. The topological polar surface area (TPSA) is 130 Å². The van der Waals surface area contributed by atoms with Gasteiger partial charge >= 0.3 is 0 Å². The van der Waals surface area contributed by atoms with Crippen molar-refractivity contribution in [2.24, 2.45) is 0 Å². The maximum absolute atomic E-state index is 13.3. The molecule has 5 rings (SSSR count). The number of likely N-dealkylation sites (N-methyl/N-ethyl adjacent to an activating group) is 1. The number of hydrogen-bond acceptors (Lipinski definition) is 9. The number of aromatic nitrogens is 3. The molecule has 170 valence electrons. The molecule has 2 aliphatic heterocycles. The molecular weight excluding hydrogens is 436 g/mol. The first-order chi connectivity index (χ1) is 15.5. The predicted octanol–water partition coefficient (Wildman–Crippen LogP) is 0.607. The number of piperazine rings is 1. The maximum Gasteiger partial charge on any atom is 0.290 e. The Morgan fingerprint density at radius 1 is 1.16 bits per heavy atom. The van der Waals surface area contributed by atoms with Crippen LogP contribution in [-0.4, -0.2) is 80.5 Å². The van der Waals surface area contributed by atoms with Crippen LogP contribution < -0.4 is 19.9 Å². The third kappa shape index (κ3) is 4.06. The molecule has 0 aliphatic carbocycles. The third-order valence-corrected chi connectivity index (χ3v) is 6.95. The van der Waals surface area contributed by atoms with Crippen LogP contribution in [0.2, 0.25) is 0 Å². The average Bonchev–Trinajstić information content (AvgIpc) is 3.24. The van der Waals surface area contributed by atoms with Crippen LogP contribution in [0.15, 0.2) is 41.6 Å². The number of nitrogens with zero attached hydrogens (tertiary/aromatic N) is 5. The lowest BCUT2D eigenvalue weighted by molar-refractivity contribution is -0.122. The second-order valence-electron chi connectivity index (χ2n) is 7.34. The van der Waals surface area contributed by atoms with E-state index in [2.05, 4.69) is 20.3 Å². The fraction of sp³-hybridized carbons (Fsp3) is 0.350. The van der Waals surface area contributed by atoms with E-state index in [0.717, 1.165) is 41.3 Å². The monoisotopic (exact) mass is 460 g/mol. The van der Waals surface area contributed by atoms with E-state index in [4.69, 9.17) is 14.6 Å². The van der Waals surface area contributed by atoms with Crippen LogP contribution in [0.4, 0.5) is 11.5 Å². The molecule has 11 nitrogen and oxygen atoms in total. The summed E-state index contributed by atoms with van der Waals surface area (Å²) < 4.78 is 33.4. The van der Waals surface area contributed by atoms with Crippen LogP contribution >= 0.6 is 0 Å². The van der Waals surface area contributed by atoms with E-state index in [9.17, 15) is 8.42 Å². The molecule has 2 aliphatic rings. The van der Waals surface area contributed by atoms with Gasteiger partial charge in [0.15, 0.2) is 11.6 Å². The van der Waals surface area contributed by atoms with Gasteiger partial charge in [0, 0.05) is 50.4 Å². The summed E-state index contributed by atoms with van der Waals surface area (Å²) in [6.07, 6.45) is 2.94. The largest absolute Gasteiger partial charge is 0.488 e. The number of pyridine rings is 1. The second-order valence-corrected chi connectivity index (χ2v) is 9.11. The zero-order chi connectivity index (χ0) is 22.7. The van der Waals surface area contributed by atoms with Gasteiger partial charge < -0.3 is 25.0 Å². The van der Waals surface area contributed by atoms with Crippen LogP contribution in [0.25, 0.3) is 10.9 Å². The fourth-order valence-corrected chi connectivity index (χ4v) is 4.98. The first kappa shape index (κ1) is 21.8. The van der Waals surface area contributed by atoms with Crippen molar-refractivity contribution in [1.82, 2.24) is 19.5 Å². The summed E-state index contributed by atoms with van der Waals surface area (Å²) in [6.45, 7) is 4.53. The summed E-state index contributed by atoms with van der Waals surface area (Å²) in [4.78, 5) is 16.9. The standard InChI is InChI=1S/C19H22N6O3S.CH2O2/c1-23-8-9-28-18-11-16(13-21-19(18)23)29(26,27)25-17-10-15(3-2-14(17)12-22-25)24-6-4-20-5-7-24;2-1-3/h2-3,10-13,20H,4-9H2,1H3;1H,(H,2,3). The van der Waals surface area contributed by atoms with E-state index < -0.39 is 10.0 Å². The molecule has 2 N–H and O–H groups in total. The number of rotatable bonds is 3. The highest BCUT2D eigenvalue weighted by atomic mass is 32.2. The number of fused-ring (bicyclic) bond motifs is 2. The molecule has 0 spiro atoms. The highest BCUT2D eigenvalue weighted by Crippen LogP contribution is 2.32. The molecule has 4 heterocycles. The van der Waals surface area contributed by atoms with Crippen LogP contribution in [0.5, 0.6) is 5.75 Å². The predicted molar refractivity (Wildman–Crippen MR) is 119 cm³/mol. The molecule has 3 aromatic rings. The first-order valence-electron chi connectivity index (χ1n) is 10.1. The molecule has 32 heavy (non-hydrogen) atoms. The minimum absolute atomic E-state index is 0.0594. The van der Waals surface area contributed by atoms with Gasteiger partial charge in [-0.25, -0.2) is 4.98 Å². The Hall–Kier alpha value is -3.38. The lowest BCUT2D eigenvalue weighted by atomic mass is 10.2. The molecule has 0 bridgehead atoms. The Balaban J connectivity index is 0.000000775. The van der Waals surface area contributed by atoms with Crippen molar-refractivity contribution in [1.29, 1.82) is 0 Å². The van der Waals surface area contributed by atoms with Crippen molar-refractivity contribution in [2.75, 3.05) is 56.2 Å². The summed E-state index contributed by atoms with van der Waals surface area (Å²) in [5.41, 5.74) is 1.54. The Labute approximate surface area is 185 Å². The Bertz CT molecular complexity index is 1220. The van der Waals surface area contributed by atoms with Gasteiger partial charge in [-0.1, -0.05) is 0 Å². The molecule has 1 saturated heterocycles. The Morgan fingerprint density at radius 3 is 2.66 bits per heavy atom. The number of carbonyl (C=O) groups is 1. The lowest BCUT2D eigenvalue weighted by Gasteiger charge is -2.29. The normalized spacial score (nSPS) is 16.0. The summed E-state index contributed by atoms with van der Waals surface area (Å²) in [5, 5.41) is 15.2. The van der Waals surface area contributed by atoms with Crippen molar-refractivity contribution in [3.8, 4) is 5.75 Å². The van der Waals surface area contributed by atoms with Crippen LogP contribution in [0.3, 0.4) is 0 Å². The summed E-state index contributed by atoms with van der Waals surface area (Å²) >= 11 is 0. The van der Waals surface area contributed by atoms with Gasteiger partial charge in [0.2, 0.25) is 0 Å². The van der Waals surface area contributed by atoms with Crippen LogP contribution in [-0.2, 0) is 14.8 Å². The second kappa shape index (κ2) is 9.01. The number of carboxylic acid groups (broad SMARTS) is 1. The minimum Gasteiger partial charge on any atom is -0.488 e. The zero-order valence-electron chi connectivity index (χ0n) is 17.5. The van der Waals surface area contributed by atoms with E-state index in [-0.39, 0.29) is 11.4 Å². The number of ether oxygens (including phenoxy) is 1. The highest BCUT2D eigenvalue weighted by Gasteiger charge is 2.25. The SMILES string of the molecule is CN1CCOc2cc(S(=O)(=O)n3ncc4ccc(N5CCNCC5)cc43)cnc21.O=CO. The lowest BCUT2D eigenvalue weighted by Crippen LogP contribution is -2.43. The Morgan fingerprint density at radius 2 is 1.91 bits per heavy atom. The number of hydrogen-bond donors (Lipinski definition) is 2. The van der Waals surface area contributed by atoms with Gasteiger partial charge in [0.25, 0.3) is 16.5 Å². The number of benzene rings is 1. The minimum atomic E-state index is -3.91. The quantitative estimate of drug-likeness (QED) is 0.536. The van der Waals surface area contributed by atoms with Crippen molar-refractivity contribution in [2.45, 2.75) is 4.90 Å². The van der Waals surface area contributed by atoms with E-state index in [1.54, 1.807) is 6.20 Å². The van der Waals surface area contributed by atoms with Crippen LogP contribution in [0, 0.1) is 0 Å². The van der Waals surface area contributed by atoms with Gasteiger partial charge in [0.05, 0.1) is 24.5 Å². The molecule has 0 amide bonds. The zero-order valence-corrected chi connectivity index (χ0v) is 18.3. The molecule has 1 fully saturated rings. The summed E-state index contributed by atoms with van der Waals surface area (Å²) in [6, 6.07) is 7.34. The molecule has 0 radical (unpaired) electrons. The maximum atomic E-state index is 13.3. The third-order valence-electron chi connectivity index (χ3n) is 5.38. The van der Waals surface area contributed by atoms with Crippen LogP contribution in [0.1, 0.15) is 0 Å². The molecule has 12 heteroatoms. The van der Waals surface area contributed by atoms with Gasteiger partial charge in [-0.2, -0.15) is 17.6 Å². The molecular formula is C20H24N6O5S. The fourth-order valence-electron chi connectivity index (χ4n) is 3.75. The van der Waals surface area contributed by atoms with E-state index in [1.165, 1.54) is 12.3 Å². The summed E-state index contributed by atoms with van der Waals surface area (Å²) in [5.74, 6) is 1.11. The van der Waals surface area contributed by atoms with Crippen molar-refractivity contribution in [3.05, 3.63) is 36.7 Å². The molecule has 0 unspecified atom stereocenters. The van der Waals surface area contributed by atoms with E-state index in [1.807, 2.05) is 30.1 Å². The average molecular weight is 461 g/mol. The van der Waals surface area contributed by atoms with E-state index >= 15 is 0 Å². The first-order valence-corrected chi connectivity index (χ1v) is 11.5.